The summed E-state index contributed by atoms with van der Waals surface area (Å²) in [6.07, 6.45) is 4.21. The highest BCUT2D eigenvalue weighted by atomic mass is 16.2. The molecule has 1 N–H and O–H groups in total. The maximum absolute atomic E-state index is 12.6. The average Bonchev–Trinajstić information content (AvgIpc) is 2.89. The van der Waals surface area contributed by atoms with E-state index in [2.05, 4.69) is 25.2 Å². The minimum absolute atomic E-state index is 0.104. The number of rotatable bonds is 5. The van der Waals surface area contributed by atoms with Gasteiger partial charge >= 0.3 is 0 Å². The molecule has 0 spiro atoms. The first-order chi connectivity index (χ1) is 11.5. The van der Waals surface area contributed by atoms with Crippen LogP contribution >= 0.6 is 0 Å². The Bertz CT molecular complexity index is 683. The first kappa shape index (κ1) is 16.7. The lowest BCUT2D eigenvalue weighted by atomic mass is 9.93. The van der Waals surface area contributed by atoms with Gasteiger partial charge in [-0.2, -0.15) is 0 Å². The SMILES string of the molecule is CCCCC(C)c1ccc2c(c1)CN(C1CCC(=O)NC1=O)C2=O. The zero-order chi connectivity index (χ0) is 17.3. The second kappa shape index (κ2) is 6.75. The summed E-state index contributed by atoms with van der Waals surface area (Å²) in [6, 6.07) is 5.50. The van der Waals surface area contributed by atoms with Gasteiger partial charge in [0.05, 0.1) is 0 Å². The van der Waals surface area contributed by atoms with E-state index < -0.39 is 6.04 Å². The summed E-state index contributed by atoms with van der Waals surface area (Å²) in [4.78, 5) is 37.6. The summed E-state index contributed by atoms with van der Waals surface area (Å²) >= 11 is 0. The Kier molecular flexibility index (Phi) is 4.69. The summed E-state index contributed by atoms with van der Waals surface area (Å²) in [5, 5.41) is 2.33. The number of nitrogens with zero attached hydrogens (tertiary/aromatic N) is 1. The minimum atomic E-state index is -0.538. The lowest BCUT2D eigenvalue weighted by Gasteiger charge is -2.29. The largest absolute Gasteiger partial charge is 0.322 e. The highest BCUT2D eigenvalue weighted by Crippen LogP contribution is 2.31. The number of hydrogen-bond donors (Lipinski definition) is 1. The predicted molar refractivity (Wildman–Crippen MR) is 90.4 cm³/mol. The third kappa shape index (κ3) is 3.07. The van der Waals surface area contributed by atoms with E-state index in [1.807, 2.05) is 12.1 Å². The Morgan fingerprint density at radius 3 is 2.79 bits per heavy atom. The number of nitrogens with one attached hydrogen (secondary N) is 1. The molecule has 0 radical (unpaired) electrons. The van der Waals surface area contributed by atoms with Crippen molar-refractivity contribution < 1.29 is 14.4 Å². The summed E-state index contributed by atoms with van der Waals surface area (Å²) in [5.41, 5.74) is 2.93. The van der Waals surface area contributed by atoms with Crippen molar-refractivity contribution in [3.05, 3.63) is 34.9 Å². The first-order valence-corrected chi connectivity index (χ1v) is 8.78. The molecule has 0 saturated carbocycles. The van der Waals surface area contributed by atoms with Crippen LogP contribution in [0, 0.1) is 0 Å². The zero-order valence-corrected chi connectivity index (χ0v) is 14.3. The minimum Gasteiger partial charge on any atom is -0.322 e. The number of hydrogen-bond acceptors (Lipinski definition) is 3. The molecule has 3 amide bonds. The molecule has 1 fully saturated rings. The van der Waals surface area contributed by atoms with Crippen LogP contribution in [0.2, 0.25) is 0 Å². The van der Waals surface area contributed by atoms with Gasteiger partial charge in [-0.1, -0.05) is 38.8 Å². The number of carbonyl (C=O) groups is 3. The number of carbonyl (C=O) groups excluding carboxylic acids is 3. The van der Waals surface area contributed by atoms with Crippen LogP contribution < -0.4 is 5.32 Å². The Balaban J connectivity index is 1.77. The van der Waals surface area contributed by atoms with E-state index >= 15 is 0 Å². The third-order valence-electron chi connectivity index (χ3n) is 5.11. The van der Waals surface area contributed by atoms with Crippen molar-refractivity contribution in [1.29, 1.82) is 0 Å². The fourth-order valence-corrected chi connectivity index (χ4v) is 3.58. The van der Waals surface area contributed by atoms with Crippen molar-refractivity contribution in [3.8, 4) is 0 Å². The maximum atomic E-state index is 12.6. The zero-order valence-electron chi connectivity index (χ0n) is 14.3. The van der Waals surface area contributed by atoms with Crippen LogP contribution in [0.15, 0.2) is 18.2 Å². The van der Waals surface area contributed by atoms with E-state index in [1.165, 1.54) is 18.4 Å². The lowest BCUT2D eigenvalue weighted by Crippen LogP contribution is -2.52. The van der Waals surface area contributed by atoms with Crippen molar-refractivity contribution in [2.24, 2.45) is 0 Å². The van der Waals surface area contributed by atoms with Crippen LogP contribution in [-0.4, -0.2) is 28.7 Å². The van der Waals surface area contributed by atoms with Gasteiger partial charge in [-0.3, -0.25) is 19.7 Å². The van der Waals surface area contributed by atoms with Crippen LogP contribution in [0.25, 0.3) is 0 Å². The molecule has 0 aromatic heterocycles. The number of imide groups is 1. The van der Waals surface area contributed by atoms with Gasteiger partial charge in [-0.25, -0.2) is 0 Å². The molecule has 24 heavy (non-hydrogen) atoms. The van der Waals surface area contributed by atoms with Crippen molar-refractivity contribution in [3.63, 3.8) is 0 Å². The Labute approximate surface area is 142 Å². The molecular weight excluding hydrogens is 304 g/mol. The normalized spacial score (nSPS) is 21.7. The number of unbranched alkanes of at least 4 members (excludes halogenated alkanes) is 1. The van der Waals surface area contributed by atoms with Crippen LogP contribution in [-0.2, 0) is 16.1 Å². The molecule has 2 aliphatic rings. The van der Waals surface area contributed by atoms with Crippen molar-refractivity contribution in [2.45, 2.75) is 64.5 Å². The molecule has 0 aliphatic carbocycles. The van der Waals surface area contributed by atoms with E-state index in [0.29, 0.717) is 24.4 Å². The van der Waals surface area contributed by atoms with E-state index in [9.17, 15) is 14.4 Å². The van der Waals surface area contributed by atoms with E-state index in [0.717, 1.165) is 12.0 Å². The number of amides is 3. The van der Waals surface area contributed by atoms with Crippen LogP contribution in [0.5, 0.6) is 0 Å². The van der Waals surface area contributed by atoms with E-state index in [1.54, 1.807) is 4.90 Å². The second-order valence-electron chi connectivity index (χ2n) is 6.86. The molecule has 1 saturated heterocycles. The molecule has 2 aliphatic heterocycles. The highest BCUT2D eigenvalue weighted by molar-refractivity contribution is 6.05. The van der Waals surface area contributed by atoms with Gasteiger partial charge in [0.25, 0.3) is 5.91 Å². The lowest BCUT2D eigenvalue weighted by molar-refractivity contribution is -0.136. The quantitative estimate of drug-likeness (QED) is 0.845. The molecule has 1 aromatic rings. The van der Waals surface area contributed by atoms with Gasteiger partial charge in [0.2, 0.25) is 11.8 Å². The molecule has 1 aromatic carbocycles. The molecule has 3 rings (SSSR count). The molecule has 2 atom stereocenters. The summed E-state index contributed by atoms with van der Waals surface area (Å²) in [7, 11) is 0. The molecular formula is C19H24N2O3. The van der Waals surface area contributed by atoms with Crippen LogP contribution in [0.1, 0.15) is 73.4 Å². The summed E-state index contributed by atoms with van der Waals surface area (Å²) < 4.78 is 0. The molecule has 0 bridgehead atoms. The predicted octanol–water partition coefficient (Wildman–Crippen LogP) is 2.74. The highest BCUT2D eigenvalue weighted by Gasteiger charge is 2.39. The molecule has 2 heterocycles. The van der Waals surface area contributed by atoms with Crippen LogP contribution in [0.3, 0.4) is 0 Å². The van der Waals surface area contributed by atoms with Gasteiger partial charge in [0.1, 0.15) is 6.04 Å². The van der Waals surface area contributed by atoms with Gasteiger partial charge in [-0.15, -0.1) is 0 Å². The molecule has 2 unspecified atom stereocenters. The van der Waals surface area contributed by atoms with E-state index in [4.69, 9.17) is 0 Å². The Morgan fingerprint density at radius 1 is 1.29 bits per heavy atom. The van der Waals surface area contributed by atoms with Gasteiger partial charge in [-0.05, 0) is 36.0 Å². The number of piperidine rings is 1. The van der Waals surface area contributed by atoms with Gasteiger partial charge in [0.15, 0.2) is 0 Å². The van der Waals surface area contributed by atoms with Crippen molar-refractivity contribution in [1.82, 2.24) is 10.2 Å². The fraction of sp³-hybridized carbons (Fsp3) is 0.526. The molecule has 128 valence electrons. The molecule has 5 heteroatoms. The third-order valence-corrected chi connectivity index (χ3v) is 5.11. The number of fused-ring (bicyclic) bond motifs is 1. The number of benzene rings is 1. The second-order valence-corrected chi connectivity index (χ2v) is 6.86. The average molecular weight is 328 g/mol. The Hall–Kier alpha value is -2.17. The van der Waals surface area contributed by atoms with E-state index in [-0.39, 0.29) is 24.1 Å². The topological polar surface area (TPSA) is 66.5 Å². The monoisotopic (exact) mass is 328 g/mol. The van der Waals surface area contributed by atoms with Crippen molar-refractivity contribution >= 4 is 17.7 Å². The fourth-order valence-electron chi connectivity index (χ4n) is 3.58. The summed E-state index contributed by atoms with van der Waals surface area (Å²) in [6.45, 7) is 4.85. The Morgan fingerprint density at radius 2 is 2.08 bits per heavy atom. The smallest absolute Gasteiger partial charge is 0.255 e. The standard InChI is InChI=1S/C19H24N2O3/c1-3-4-5-12(2)13-6-7-15-14(10-13)11-21(19(15)24)16-8-9-17(22)20-18(16)23/h6-7,10,12,16H,3-5,8-9,11H2,1-2H3,(H,20,22,23). The van der Waals surface area contributed by atoms with Gasteiger partial charge < -0.3 is 4.90 Å². The first-order valence-electron chi connectivity index (χ1n) is 8.78. The van der Waals surface area contributed by atoms with Crippen LogP contribution in [0.4, 0.5) is 0 Å². The van der Waals surface area contributed by atoms with Gasteiger partial charge in [0, 0.05) is 18.5 Å². The molecule has 5 nitrogen and oxygen atoms in total. The maximum Gasteiger partial charge on any atom is 0.255 e. The van der Waals surface area contributed by atoms with Crippen molar-refractivity contribution in [2.75, 3.05) is 0 Å². The summed E-state index contributed by atoms with van der Waals surface area (Å²) in [5.74, 6) is -0.251.